The number of nitriles is 1. The maximum atomic E-state index is 13.2. The highest BCUT2D eigenvalue weighted by Gasteiger charge is 2.37. The summed E-state index contributed by atoms with van der Waals surface area (Å²) in [5.74, 6) is 0.159. The lowest BCUT2D eigenvalue weighted by molar-refractivity contribution is -0.132. The topological polar surface area (TPSA) is 70.1 Å². The largest absolute Gasteiger partial charge is 0.322 e. The second-order valence-corrected chi connectivity index (χ2v) is 7.35. The van der Waals surface area contributed by atoms with E-state index in [0.717, 1.165) is 0 Å². The van der Waals surface area contributed by atoms with Crippen molar-refractivity contribution < 1.29 is 9.18 Å². The minimum atomic E-state index is -1.11. The highest BCUT2D eigenvalue weighted by Crippen LogP contribution is 2.25. The van der Waals surface area contributed by atoms with Crippen LogP contribution in [-0.2, 0) is 4.79 Å². The van der Waals surface area contributed by atoms with Crippen LogP contribution in [0.5, 0.6) is 0 Å². The third-order valence-corrected chi connectivity index (χ3v) is 4.09. The third kappa shape index (κ3) is 4.14. The minimum Gasteiger partial charge on any atom is -0.322 e. The van der Waals surface area contributed by atoms with Crippen molar-refractivity contribution in [1.29, 1.82) is 5.26 Å². The number of alkyl halides is 1. The van der Waals surface area contributed by atoms with Crippen LogP contribution in [0.1, 0.15) is 27.2 Å². The number of nitrogens with two attached hydrogens (primary N) is 1. The van der Waals surface area contributed by atoms with Crippen LogP contribution >= 0.6 is 11.8 Å². The van der Waals surface area contributed by atoms with Crippen LogP contribution in [-0.4, -0.2) is 46.1 Å². The van der Waals surface area contributed by atoms with Crippen molar-refractivity contribution in [3.63, 3.8) is 0 Å². The predicted molar refractivity (Wildman–Crippen MR) is 70.8 cm³/mol. The standard InChI is InChI=1S/C12H20FN3OS/c1-12(2,3)18-7-10(15)11(17)16-6-8(13)4-9(16)5-14/h8-10H,4,6-7,15H2,1-3H3/t8-,9-,10-/m0/s1. The molecule has 3 atom stereocenters. The van der Waals surface area contributed by atoms with Crippen LogP contribution in [0.25, 0.3) is 0 Å². The van der Waals surface area contributed by atoms with Crippen molar-refractivity contribution >= 4 is 17.7 Å². The van der Waals surface area contributed by atoms with Crippen molar-refractivity contribution in [3.05, 3.63) is 0 Å². The lowest BCUT2D eigenvalue weighted by atomic mass is 10.2. The molecule has 18 heavy (non-hydrogen) atoms. The summed E-state index contributed by atoms with van der Waals surface area (Å²) < 4.78 is 13.2. The number of hydrogen-bond donors (Lipinski definition) is 1. The van der Waals surface area contributed by atoms with E-state index in [-0.39, 0.29) is 23.6 Å². The third-order valence-electron chi connectivity index (χ3n) is 2.70. The number of carbonyl (C=O) groups is 1. The summed E-state index contributed by atoms with van der Waals surface area (Å²) in [6.07, 6.45) is -1.01. The first-order valence-electron chi connectivity index (χ1n) is 5.98. The number of likely N-dealkylation sites (tertiary alicyclic amines) is 1. The lowest BCUT2D eigenvalue weighted by Crippen LogP contribution is -2.47. The minimum absolute atomic E-state index is 0.00898. The highest BCUT2D eigenvalue weighted by atomic mass is 32.2. The van der Waals surface area contributed by atoms with Crippen LogP contribution in [0.4, 0.5) is 4.39 Å². The van der Waals surface area contributed by atoms with Crippen LogP contribution in [0.3, 0.4) is 0 Å². The van der Waals surface area contributed by atoms with E-state index in [1.807, 2.05) is 26.8 Å². The zero-order valence-electron chi connectivity index (χ0n) is 11.0. The van der Waals surface area contributed by atoms with E-state index >= 15 is 0 Å². The van der Waals surface area contributed by atoms with E-state index in [9.17, 15) is 9.18 Å². The molecule has 0 aliphatic carbocycles. The molecule has 0 bridgehead atoms. The van der Waals surface area contributed by atoms with Gasteiger partial charge in [0.1, 0.15) is 12.2 Å². The molecule has 1 amide bonds. The van der Waals surface area contributed by atoms with Gasteiger partial charge in [-0.2, -0.15) is 17.0 Å². The van der Waals surface area contributed by atoms with Gasteiger partial charge in [-0.05, 0) is 0 Å². The van der Waals surface area contributed by atoms with Crippen LogP contribution < -0.4 is 5.73 Å². The number of amides is 1. The van der Waals surface area contributed by atoms with Gasteiger partial charge in [-0.15, -0.1) is 0 Å². The molecule has 1 aliphatic rings. The van der Waals surface area contributed by atoms with Crippen LogP contribution in [0, 0.1) is 11.3 Å². The Labute approximate surface area is 112 Å². The van der Waals surface area contributed by atoms with Gasteiger partial charge < -0.3 is 10.6 Å². The molecule has 0 aromatic rings. The Balaban J connectivity index is 2.56. The van der Waals surface area contributed by atoms with Gasteiger partial charge in [-0.3, -0.25) is 4.79 Å². The lowest BCUT2D eigenvalue weighted by Gasteiger charge is -2.25. The molecule has 0 radical (unpaired) electrons. The average Bonchev–Trinajstić information content (AvgIpc) is 2.65. The molecule has 0 aromatic carbocycles. The monoisotopic (exact) mass is 273 g/mol. The van der Waals surface area contributed by atoms with Crippen molar-refractivity contribution in [2.24, 2.45) is 5.73 Å². The SMILES string of the molecule is CC(C)(C)SC[C@H](N)C(=O)N1C[C@@H](F)C[C@H]1C#N. The Bertz CT molecular complexity index is 350. The Morgan fingerprint density at radius 3 is 2.78 bits per heavy atom. The molecule has 1 heterocycles. The molecule has 6 heteroatoms. The van der Waals surface area contributed by atoms with Gasteiger partial charge in [0.15, 0.2) is 0 Å². The molecule has 1 saturated heterocycles. The molecule has 1 aliphatic heterocycles. The van der Waals surface area contributed by atoms with Crippen molar-refractivity contribution in [3.8, 4) is 6.07 Å². The second-order valence-electron chi connectivity index (χ2n) is 5.50. The van der Waals surface area contributed by atoms with E-state index in [1.54, 1.807) is 11.8 Å². The van der Waals surface area contributed by atoms with Gasteiger partial charge in [-0.1, -0.05) is 20.8 Å². The Kier molecular flexibility index (Phi) is 5.00. The summed E-state index contributed by atoms with van der Waals surface area (Å²) in [5, 5.41) is 8.89. The van der Waals surface area contributed by atoms with Gasteiger partial charge in [0.25, 0.3) is 0 Å². The van der Waals surface area contributed by atoms with Gasteiger partial charge in [0, 0.05) is 16.9 Å². The van der Waals surface area contributed by atoms with Gasteiger partial charge >= 0.3 is 0 Å². The molecule has 1 fully saturated rings. The van der Waals surface area contributed by atoms with E-state index in [2.05, 4.69) is 0 Å². The number of nitrogens with zero attached hydrogens (tertiary/aromatic N) is 2. The Morgan fingerprint density at radius 2 is 2.28 bits per heavy atom. The molecule has 0 saturated carbocycles. The van der Waals surface area contributed by atoms with Gasteiger partial charge in [0.2, 0.25) is 5.91 Å². The Hall–Kier alpha value is -0.800. The molecular weight excluding hydrogens is 253 g/mol. The number of carbonyl (C=O) groups excluding carboxylic acids is 1. The van der Waals surface area contributed by atoms with Gasteiger partial charge in [-0.25, -0.2) is 4.39 Å². The first kappa shape index (κ1) is 15.3. The number of rotatable bonds is 3. The molecule has 0 unspecified atom stereocenters. The quantitative estimate of drug-likeness (QED) is 0.841. The van der Waals surface area contributed by atoms with Crippen molar-refractivity contribution in [2.45, 2.75) is 50.2 Å². The maximum Gasteiger partial charge on any atom is 0.241 e. The van der Waals surface area contributed by atoms with E-state index in [0.29, 0.717) is 5.75 Å². The second kappa shape index (κ2) is 5.89. The first-order chi connectivity index (χ1) is 8.24. The zero-order valence-corrected chi connectivity index (χ0v) is 11.8. The molecular formula is C12H20FN3OS. The number of hydrogen-bond acceptors (Lipinski definition) is 4. The van der Waals surface area contributed by atoms with Crippen molar-refractivity contribution in [2.75, 3.05) is 12.3 Å². The van der Waals surface area contributed by atoms with E-state index < -0.39 is 18.3 Å². The highest BCUT2D eigenvalue weighted by molar-refractivity contribution is 8.00. The van der Waals surface area contributed by atoms with E-state index in [4.69, 9.17) is 11.0 Å². The zero-order chi connectivity index (χ0) is 13.9. The maximum absolute atomic E-state index is 13.2. The molecule has 2 N–H and O–H groups in total. The summed E-state index contributed by atoms with van der Waals surface area (Å²) in [4.78, 5) is 13.3. The molecule has 4 nitrogen and oxygen atoms in total. The first-order valence-corrected chi connectivity index (χ1v) is 6.97. The fraction of sp³-hybridized carbons (Fsp3) is 0.833. The van der Waals surface area contributed by atoms with Gasteiger partial charge in [0.05, 0.1) is 18.7 Å². The molecule has 102 valence electrons. The number of thioether (sulfide) groups is 1. The van der Waals surface area contributed by atoms with E-state index in [1.165, 1.54) is 4.90 Å². The summed E-state index contributed by atoms with van der Waals surface area (Å²) in [5.41, 5.74) is 5.82. The summed E-state index contributed by atoms with van der Waals surface area (Å²) in [7, 11) is 0. The Morgan fingerprint density at radius 1 is 1.67 bits per heavy atom. The van der Waals surface area contributed by atoms with Crippen LogP contribution in [0.15, 0.2) is 0 Å². The fourth-order valence-electron chi connectivity index (χ4n) is 1.77. The molecule has 1 rings (SSSR count). The normalized spacial score (nSPS) is 25.9. The summed E-state index contributed by atoms with van der Waals surface area (Å²) in [6, 6.07) is 0.616. The predicted octanol–water partition coefficient (Wildman–Crippen LogP) is 1.31. The molecule has 0 spiro atoms. The number of halogens is 1. The fourth-order valence-corrected chi connectivity index (χ4v) is 2.60. The van der Waals surface area contributed by atoms with Crippen LogP contribution in [0.2, 0.25) is 0 Å². The molecule has 0 aromatic heterocycles. The smallest absolute Gasteiger partial charge is 0.241 e. The average molecular weight is 273 g/mol. The summed E-state index contributed by atoms with van der Waals surface area (Å²) >= 11 is 1.59. The summed E-state index contributed by atoms with van der Waals surface area (Å²) in [6.45, 7) is 6.12. The van der Waals surface area contributed by atoms with Crippen molar-refractivity contribution in [1.82, 2.24) is 4.90 Å².